The fourth-order valence-corrected chi connectivity index (χ4v) is 2.17. The number of nitrogens with one attached hydrogen (secondary N) is 1. The number of carbonyl (C=O) groups excluding carboxylic acids is 1. The van der Waals surface area contributed by atoms with E-state index in [1.807, 2.05) is 32.0 Å². The number of hydrogen-bond acceptors (Lipinski definition) is 4. The summed E-state index contributed by atoms with van der Waals surface area (Å²) in [5.41, 5.74) is 3.06. The van der Waals surface area contributed by atoms with E-state index in [1.165, 1.54) is 12.1 Å². The fourth-order valence-electron chi connectivity index (χ4n) is 2.17. The number of aryl methyl sites for hydroxylation is 3. The molecule has 0 saturated carbocycles. The Kier molecular flexibility index (Phi) is 5.18. The molecule has 1 N–H and O–H groups in total. The van der Waals surface area contributed by atoms with E-state index in [-0.39, 0.29) is 11.6 Å². The van der Waals surface area contributed by atoms with Gasteiger partial charge in [0.1, 0.15) is 5.75 Å². The van der Waals surface area contributed by atoms with Gasteiger partial charge in [-0.3, -0.25) is 14.9 Å². The van der Waals surface area contributed by atoms with E-state index < -0.39 is 11.0 Å². The fraction of sp³-hybridized carbons (Fsp3) is 0.278. The lowest BCUT2D eigenvalue weighted by Crippen LogP contribution is -2.30. The van der Waals surface area contributed by atoms with Gasteiger partial charge in [-0.05, 0) is 50.5 Å². The lowest BCUT2D eigenvalue weighted by Gasteiger charge is -2.17. The third-order valence-electron chi connectivity index (χ3n) is 3.71. The summed E-state index contributed by atoms with van der Waals surface area (Å²) in [6, 6.07) is 10.1. The third-order valence-corrected chi connectivity index (χ3v) is 3.71. The Balaban J connectivity index is 2.13. The third kappa shape index (κ3) is 4.10. The van der Waals surface area contributed by atoms with Crippen molar-refractivity contribution in [1.82, 2.24) is 0 Å². The molecule has 0 bridgehead atoms. The van der Waals surface area contributed by atoms with Gasteiger partial charge in [0.15, 0.2) is 6.10 Å². The van der Waals surface area contributed by atoms with Gasteiger partial charge in [-0.15, -0.1) is 0 Å². The summed E-state index contributed by atoms with van der Waals surface area (Å²) in [4.78, 5) is 22.7. The van der Waals surface area contributed by atoms with Crippen LogP contribution in [0, 0.1) is 30.9 Å². The molecule has 6 heteroatoms. The summed E-state index contributed by atoms with van der Waals surface area (Å²) < 4.78 is 5.73. The first kappa shape index (κ1) is 17.5. The van der Waals surface area contributed by atoms with Crippen LogP contribution < -0.4 is 10.1 Å². The Bertz CT molecular complexity index is 787. The molecule has 1 unspecified atom stereocenters. The molecule has 2 rings (SSSR count). The van der Waals surface area contributed by atoms with Crippen LogP contribution in [0.15, 0.2) is 36.4 Å². The first-order chi connectivity index (χ1) is 11.3. The van der Waals surface area contributed by atoms with Crippen LogP contribution in [0.25, 0.3) is 0 Å². The van der Waals surface area contributed by atoms with Crippen molar-refractivity contribution in [1.29, 1.82) is 0 Å². The minimum Gasteiger partial charge on any atom is -0.481 e. The number of carbonyl (C=O) groups is 1. The summed E-state index contributed by atoms with van der Waals surface area (Å²) in [6.07, 6.45) is -0.732. The van der Waals surface area contributed by atoms with E-state index in [2.05, 4.69) is 5.32 Å². The average molecular weight is 328 g/mol. The van der Waals surface area contributed by atoms with E-state index in [9.17, 15) is 14.9 Å². The van der Waals surface area contributed by atoms with Crippen molar-refractivity contribution in [2.45, 2.75) is 33.8 Å². The predicted molar refractivity (Wildman–Crippen MR) is 92.5 cm³/mol. The van der Waals surface area contributed by atoms with Gasteiger partial charge in [-0.2, -0.15) is 0 Å². The summed E-state index contributed by atoms with van der Waals surface area (Å²) in [6.45, 7) is 7.27. The van der Waals surface area contributed by atoms with Gasteiger partial charge in [0.25, 0.3) is 11.6 Å². The van der Waals surface area contributed by atoms with Gasteiger partial charge in [0.05, 0.1) is 10.6 Å². The maximum atomic E-state index is 12.3. The number of nitro groups is 1. The van der Waals surface area contributed by atoms with Crippen molar-refractivity contribution in [3.8, 4) is 5.75 Å². The molecule has 0 heterocycles. The van der Waals surface area contributed by atoms with Gasteiger partial charge in [0, 0.05) is 12.1 Å². The number of hydrogen-bond donors (Lipinski definition) is 1. The first-order valence-electron chi connectivity index (χ1n) is 7.57. The van der Waals surface area contributed by atoms with Gasteiger partial charge >= 0.3 is 0 Å². The van der Waals surface area contributed by atoms with Crippen molar-refractivity contribution in [2.24, 2.45) is 0 Å². The van der Waals surface area contributed by atoms with E-state index in [1.54, 1.807) is 19.9 Å². The molecular formula is C18H20N2O4. The molecule has 0 aliphatic rings. The number of benzene rings is 2. The Labute approximate surface area is 140 Å². The van der Waals surface area contributed by atoms with Crippen molar-refractivity contribution in [3.63, 3.8) is 0 Å². The Hall–Kier alpha value is -2.89. The molecule has 126 valence electrons. The molecule has 1 atom stereocenters. The molecule has 1 amide bonds. The number of non-ortho nitro benzene ring substituents is 1. The van der Waals surface area contributed by atoms with Crippen LogP contribution >= 0.6 is 0 Å². The molecule has 0 radical (unpaired) electrons. The van der Waals surface area contributed by atoms with Gasteiger partial charge in [-0.1, -0.05) is 18.2 Å². The normalized spacial score (nSPS) is 11.7. The standard InChI is InChI=1S/C18H20N2O4/c1-11-5-6-13(3)17(9-11)24-14(4)18(21)19-16-10-15(20(22)23)8-7-12(16)2/h5-10,14H,1-4H3,(H,19,21). The Morgan fingerprint density at radius 2 is 1.79 bits per heavy atom. The van der Waals surface area contributed by atoms with E-state index >= 15 is 0 Å². The molecule has 2 aromatic rings. The molecule has 2 aromatic carbocycles. The second-order valence-corrected chi connectivity index (χ2v) is 5.77. The Morgan fingerprint density at radius 1 is 1.12 bits per heavy atom. The van der Waals surface area contributed by atoms with E-state index in [0.29, 0.717) is 11.4 Å². The summed E-state index contributed by atoms with van der Waals surface area (Å²) >= 11 is 0. The van der Waals surface area contributed by atoms with Crippen LogP contribution in [0.2, 0.25) is 0 Å². The highest BCUT2D eigenvalue weighted by atomic mass is 16.6. The van der Waals surface area contributed by atoms with Crippen LogP contribution in [0.3, 0.4) is 0 Å². The number of nitrogens with zero attached hydrogens (tertiary/aromatic N) is 1. The van der Waals surface area contributed by atoms with Gasteiger partial charge < -0.3 is 10.1 Å². The van der Waals surface area contributed by atoms with E-state index in [0.717, 1.165) is 16.7 Å². The minimum absolute atomic E-state index is 0.0704. The second-order valence-electron chi connectivity index (χ2n) is 5.77. The monoisotopic (exact) mass is 328 g/mol. The van der Waals surface area contributed by atoms with Gasteiger partial charge in [0.2, 0.25) is 0 Å². The number of ether oxygens (including phenoxy) is 1. The van der Waals surface area contributed by atoms with Crippen molar-refractivity contribution >= 4 is 17.3 Å². The summed E-state index contributed by atoms with van der Waals surface area (Å²) in [7, 11) is 0. The van der Waals surface area contributed by atoms with Crippen LogP contribution in [0.1, 0.15) is 23.6 Å². The molecule has 0 aromatic heterocycles. The molecule has 0 fully saturated rings. The highest BCUT2D eigenvalue weighted by Crippen LogP contribution is 2.23. The SMILES string of the molecule is Cc1ccc(C)c(OC(C)C(=O)Nc2cc([N+](=O)[O-])ccc2C)c1. The zero-order chi connectivity index (χ0) is 17.9. The van der Waals surface area contributed by atoms with Crippen LogP contribution in [0.5, 0.6) is 5.75 Å². The van der Waals surface area contributed by atoms with Crippen molar-refractivity contribution in [2.75, 3.05) is 5.32 Å². The molecular weight excluding hydrogens is 308 g/mol. The van der Waals surface area contributed by atoms with Crippen LogP contribution in [-0.2, 0) is 4.79 Å². The van der Waals surface area contributed by atoms with Crippen LogP contribution in [-0.4, -0.2) is 16.9 Å². The topological polar surface area (TPSA) is 81.5 Å². The quantitative estimate of drug-likeness (QED) is 0.666. The number of anilines is 1. The first-order valence-corrected chi connectivity index (χ1v) is 7.57. The largest absolute Gasteiger partial charge is 0.481 e. The second kappa shape index (κ2) is 7.12. The lowest BCUT2D eigenvalue weighted by atomic mass is 10.1. The predicted octanol–water partition coefficient (Wildman–Crippen LogP) is 3.93. The molecule has 24 heavy (non-hydrogen) atoms. The zero-order valence-electron chi connectivity index (χ0n) is 14.1. The highest BCUT2D eigenvalue weighted by molar-refractivity contribution is 5.95. The van der Waals surface area contributed by atoms with Gasteiger partial charge in [-0.25, -0.2) is 0 Å². The summed E-state index contributed by atoms with van der Waals surface area (Å²) in [5, 5.41) is 13.6. The maximum absolute atomic E-state index is 12.3. The highest BCUT2D eigenvalue weighted by Gasteiger charge is 2.18. The molecule has 0 aliphatic heterocycles. The number of amides is 1. The molecule has 0 spiro atoms. The lowest BCUT2D eigenvalue weighted by molar-refractivity contribution is -0.384. The molecule has 6 nitrogen and oxygen atoms in total. The Morgan fingerprint density at radius 3 is 2.46 bits per heavy atom. The smallest absolute Gasteiger partial charge is 0.271 e. The number of rotatable bonds is 5. The maximum Gasteiger partial charge on any atom is 0.271 e. The zero-order valence-corrected chi connectivity index (χ0v) is 14.1. The number of nitro benzene ring substituents is 1. The average Bonchev–Trinajstić information content (AvgIpc) is 2.52. The van der Waals surface area contributed by atoms with E-state index in [4.69, 9.17) is 4.74 Å². The molecule has 0 aliphatic carbocycles. The van der Waals surface area contributed by atoms with Crippen molar-refractivity contribution in [3.05, 3.63) is 63.2 Å². The molecule has 0 saturated heterocycles. The van der Waals surface area contributed by atoms with Crippen molar-refractivity contribution < 1.29 is 14.5 Å². The minimum atomic E-state index is -0.732. The summed E-state index contributed by atoms with van der Waals surface area (Å²) in [5.74, 6) is 0.285. The van der Waals surface area contributed by atoms with Crippen LogP contribution in [0.4, 0.5) is 11.4 Å².